The van der Waals surface area contributed by atoms with Gasteiger partial charge in [-0.1, -0.05) is 0 Å². The summed E-state index contributed by atoms with van der Waals surface area (Å²) in [5.74, 6) is 0.0725. The van der Waals surface area contributed by atoms with E-state index in [1.165, 1.54) is 0 Å². The molecule has 1 amide bonds. The molecular weight excluding hydrogens is 192 g/mol. The second kappa shape index (κ2) is 4.02. The van der Waals surface area contributed by atoms with Crippen LogP contribution in [-0.2, 0) is 7.05 Å². The van der Waals surface area contributed by atoms with Crippen LogP contribution in [0.4, 0.5) is 0 Å². The van der Waals surface area contributed by atoms with E-state index in [2.05, 4.69) is 17.2 Å². The second-order valence-corrected chi connectivity index (χ2v) is 4.00. The number of aryl methyl sites for hydroxylation is 1. The van der Waals surface area contributed by atoms with Gasteiger partial charge in [-0.25, -0.2) is 4.98 Å². The highest BCUT2D eigenvalue weighted by molar-refractivity contribution is 5.92. The van der Waals surface area contributed by atoms with Crippen molar-refractivity contribution in [3.63, 3.8) is 0 Å². The largest absolute Gasteiger partial charge is 0.335 e. The first kappa shape index (κ1) is 10.2. The monoisotopic (exact) mass is 208 g/mol. The molecule has 1 aliphatic heterocycles. The number of aromatic nitrogens is 2. The van der Waals surface area contributed by atoms with Gasteiger partial charge in [0.15, 0.2) is 0 Å². The SMILES string of the molecule is CC1CN(C(=O)c2cncn2C)CCN1. The maximum Gasteiger partial charge on any atom is 0.272 e. The molecule has 1 fully saturated rings. The van der Waals surface area contributed by atoms with Crippen LogP contribution in [0.3, 0.4) is 0 Å². The van der Waals surface area contributed by atoms with Crippen molar-refractivity contribution in [1.82, 2.24) is 19.8 Å². The molecule has 2 rings (SSSR count). The molecule has 0 bridgehead atoms. The number of hydrogen-bond donors (Lipinski definition) is 1. The van der Waals surface area contributed by atoms with Crippen LogP contribution >= 0.6 is 0 Å². The fraction of sp³-hybridized carbons (Fsp3) is 0.600. The number of imidazole rings is 1. The minimum atomic E-state index is 0.0725. The average Bonchev–Trinajstić information content (AvgIpc) is 2.63. The molecule has 0 aliphatic carbocycles. The maximum atomic E-state index is 12.1. The van der Waals surface area contributed by atoms with Gasteiger partial charge in [0.2, 0.25) is 0 Å². The number of nitrogens with one attached hydrogen (secondary N) is 1. The third kappa shape index (κ3) is 2.02. The smallest absolute Gasteiger partial charge is 0.272 e. The summed E-state index contributed by atoms with van der Waals surface area (Å²) in [6.45, 7) is 4.49. The van der Waals surface area contributed by atoms with Crippen LogP contribution in [0.5, 0.6) is 0 Å². The highest BCUT2D eigenvalue weighted by Gasteiger charge is 2.23. The summed E-state index contributed by atoms with van der Waals surface area (Å²) in [7, 11) is 1.84. The predicted octanol–water partition coefficient (Wildman–Crippen LogP) is -0.146. The van der Waals surface area contributed by atoms with Crippen LogP contribution in [0.25, 0.3) is 0 Å². The Kier molecular flexibility index (Phi) is 2.73. The number of carbonyl (C=O) groups excluding carboxylic acids is 1. The Hall–Kier alpha value is -1.36. The van der Waals surface area contributed by atoms with Crippen LogP contribution in [-0.4, -0.2) is 46.0 Å². The molecule has 1 aromatic heterocycles. The summed E-state index contributed by atoms with van der Waals surface area (Å²) in [6.07, 6.45) is 3.27. The van der Waals surface area contributed by atoms with Crippen molar-refractivity contribution >= 4 is 5.91 Å². The van der Waals surface area contributed by atoms with Crippen molar-refractivity contribution in [2.45, 2.75) is 13.0 Å². The lowest BCUT2D eigenvalue weighted by Crippen LogP contribution is -2.51. The fourth-order valence-corrected chi connectivity index (χ4v) is 1.84. The number of amides is 1. The molecule has 5 heteroatoms. The number of hydrogen-bond acceptors (Lipinski definition) is 3. The molecule has 1 saturated heterocycles. The molecule has 0 saturated carbocycles. The molecule has 0 aromatic carbocycles. The van der Waals surface area contributed by atoms with Gasteiger partial charge < -0.3 is 14.8 Å². The van der Waals surface area contributed by atoms with Gasteiger partial charge in [-0.2, -0.15) is 0 Å². The minimum Gasteiger partial charge on any atom is -0.335 e. The van der Waals surface area contributed by atoms with Gasteiger partial charge in [-0.3, -0.25) is 4.79 Å². The Bertz CT molecular complexity index is 360. The molecular formula is C10H16N4O. The summed E-state index contributed by atoms with van der Waals surface area (Å²) in [4.78, 5) is 17.9. The van der Waals surface area contributed by atoms with E-state index in [1.807, 2.05) is 11.9 Å². The predicted molar refractivity (Wildman–Crippen MR) is 56.6 cm³/mol. The lowest BCUT2D eigenvalue weighted by molar-refractivity contribution is 0.0699. The van der Waals surface area contributed by atoms with Crippen molar-refractivity contribution < 1.29 is 4.79 Å². The van der Waals surface area contributed by atoms with Gasteiger partial charge in [0.25, 0.3) is 5.91 Å². The third-order valence-electron chi connectivity index (χ3n) is 2.69. The molecule has 2 heterocycles. The van der Waals surface area contributed by atoms with Crippen molar-refractivity contribution in [3.05, 3.63) is 18.2 Å². The average molecular weight is 208 g/mol. The minimum absolute atomic E-state index is 0.0725. The van der Waals surface area contributed by atoms with Crippen LogP contribution in [0.1, 0.15) is 17.4 Å². The van der Waals surface area contributed by atoms with Crippen LogP contribution in [0, 0.1) is 0 Å². The first-order valence-electron chi connectivity index (χ1n) is 5.17. The standard InChI is InChI=1S/C10H16N4O/c1-8-6-14(4-3-12-8)10(15)9-5-11-7-13(9)2/h5,7-8,12H,3-4,6H2,1-2H3. The van der Waals surface area contributed by atoms with Crippen LogP contribution < -0.4 is 5.32 Å². The zero-order chi connectivity index (χ0) is 10.8. The summed E-state index contributed by atoms with van der Waals surface area (Å²) < 4.78 is 1.76. The number of carbonyl (C=O) groups is 1. The van der Waals surface area contributed by atoms with Gasteiger partial charge in [0, 0.05) is 32.7 Å². The molecule has 1 unspecified atom stereocenters. The van der Waals surface area contributed by atoms with Crippen molar-refractivity contribution in [1.29, 1.82) is 0 Å². The molecule has 5 nitrogen and oxygen atoms in total. The van der Waals surface area contributed by atoms with E-state index >= 15 is 0 Å². The van der Waals surface area contributed by atoms with Crippen molar-refractivity contribution in [2.24, 2.45) is 7.05 Å². The molecule has 15 heavy (non-hydrogen) atoms. The van der Waals surface area contributed by atoms with E-state index in [1.54, 1.807) is 17.1 Å². The lowest BCUT2D eigenvalue weighted by Gasteiger charge is -2.31. The van der Waals surface area contributed by atoms with Crippen molar-refractivity contribution in [3.8, 4) is 0 Å². The molecule has 1 aromatic rings. The van der Waals surface area contributed by atoms with Gasteiger partial charge in [-0.15, -0.1) is 0 Å². The Morgan fingerprint density at radius 2 is 2.47 bits per heavy atom. The van der Waals surface area contributed by atoms with Crippen LogP contribution in [0.15, 0.2) is 12.5 Å². The van der Waals surface area contributed by atoms with Gasteiger partial charge in [-0.05, 0) is 6.92 Å². The fourth-order valence-electron chi connectivity index (χ4n) is 1.84. The normalized spacial score (nSPS) is 21.7. The summed E-state index contributed by atoms with van der Waals surface area (Å²) in [5, 5.41) is 3.31. The summed E-state index contributed by atoms with van der Waals surface area (Å²) in [5.41, 5.74) is 0.657. The zero-order valence-electron chi connectivity index (χ0n) is 9.10. The highest BCUT2D eigenvalue weighted by Crippen LogP contribution is 2.06. The Balaban J connectivity index is 2.11. The quantitative estimate of drug-likeness (QED) is 0.698. The molecule has 1 aliphatic rings. The first-order valence-corrected chi connectivity index (χ1v) is 5.17. The van der Waals surface area contributed by atoms with Gasteiger partial charge in [0.1, 0.15) is 5.69 Å². The topological polar surface area (TPSA) is 50.2 Å². The molecule has 82 valence electrons. The molecule has 1 N–H and O–H groups in total. The third-order valence-corrected chi connectivity index (χ3v) is 2.69. The van der Waals surface area contributed by atoms with Gasteiger partial charge in [0.05, 0.1) is 12.5 Å². The maximum absolute atomic E-state index is 12.1. The summed E-state index contributed by atoms with van der Waals surface area (Å²) >= 11 is 0. The second-order valence-electron chi connectivity index (χ2n) is 4.00. The van der Waals surface area contributed by atoms with E-state index < -0.39 is 0 Å². The Morgan fingerprint density at radius 3 is 3.07 bits per heavy atom. The van der Waals surface area contributed by atoms with E-state index in [-0.39, 0.29) is 5.91 Å². The Labute approximate surface area is 89.1 Å². The zero-order valence-corrected chi connectivity index (χ0v) is 9.10. The van der Waals surface area contributed by atoms with E-state index in [9.17, 15) is 4.79 Å². The Morgan fingerprint density at radius 1 is 1.67 bits per heavy atom. The van der Waals surface area contributed by atoms with Crippen molar-refractivity contribution in [2.75, 3.05) is 19.6 Å². The number of rotatable bonds is 1. The van der Waals surface area contributed by atoms with Gasteiger partial charge >= 0.3 is 0 Å². The highest BCUT2D eigenvalue weighted by atomic mass is 16.2. The van der Waals surface area contributed by atoms with E-state index in [4.69, 9.17) is 0 Å². The lowest BCUT2D eigenvalue weighted by atomic mass is 10.2. The van der Waals surface area contributed by atoms with E-state index in [0.29, 0.717) is 11.7 Å². The molecule has 0 radical (unpaired) electrons. The number of piperazine rings is 1. The number of nitrogens with zero attached hydrogens (tertiary/aromatic N) is 3. The van der Waals surface area contributed by atoms with Crippen LogP contribution in [0.2, 0.25) is 0 Å². The summed E-state index contributed by atoms with van der Waals surface area (Å²) in [6, 6.07) is 0.371. The molecule has 1 atom stereocenters. The molecule has 0 spiro atoms. The van der Waals surface area contributed by atoms with E-state index in [0.717, 1.165) is 19.6 Å². The first-order chi connectivity index (χ1) is 7.18.